The largest absolute Gasteiger partial charge is 0.477 e. The molecule has 0 heterocycles. The first-order chi connectivity index (χ1) is 7.84. The average molecular weight is 235 g/mol. The van der Waals surface area contributed by atoms with Gasteiger partial charge in [-0.1, -0.05) is 26.8 Å². The van der Waals surface area contributed by atoms with Crippen LogP contribution in [0.3, 0.4) is 0 Å². The maximum Gasteiger partial charge on any atom is 0.346 e. The zero-order chi connectivity index (χ0) is 13.1. The minimum atomic E-state index is -1.11. The predicted octanol–water partition coefficient (Wildman–Crippen LogP) is 3.37. The summed E-state index contributed by atoms with van der Waals surface area (Å²) in [5, 5.41) is 17.5. The van der Waals surface area contributed by atoms with Crippen LogP contribution < -0.4 is 0 Å². The van der Waals surface area contributed by atoms with Crippen molar-refractivity contribution in [3.63, 3.8) is 0 Å². The van der Waals surface area contributed by atoms with Gasteiger partial charge in [-0.3, -0.25) is 0 Å². The summed E-state index contributed by atoms with van der Waals surface area (Å²) in [7, 11) is 0. The summed E-state index contributed by atoms with van der Waals surface area (Å²) in [5.41, 5.74) is 0.226. The molecule has 0 unspecified atom stereocenters. The van der Waals surface area contributed by atoms with Crippen molar-refractivity contribution in [1.82, 2.24) is 0 Å². The summed E-state index contributed by atoms with van der Waals surface area (Å²) < 4.78 is 0. The standard InChI is InChI=1S/C14H21NO2/c1-14(2,3)12-6-4-10(5-7-12)8-11(9-15)13(16)17/h8,10,12H,4-7H2,1-3H3,(H,16,17)/b11-8-. The lowest BCUT2D eigenvalue weighted by Crippen LogP contribution is -2.25. The van der Waals surface area contributed by atoms with E-state index in [1.54, 1.807) is 12.1 Å². The Morgan fingerprint density at radius 3 is 2.18 bits per heavy atom. The van der Waals surface area contributed by atoms with Gasteiger partial charge in [-0.05, 0) is 42.9 Å². The molecule has 1 N–H and O–H groups in total. The minimum Gasteiger partial charge on any atom is -0.477 e. The Hall–Kier alpha value is -1.30. The van der Waals surface area contributed by atoms with E-state index in [4.69, 9.17) is 10.4 Å². The number of hydrogen-bond acceptors (Lipinski definition) is 2. The van der Waals surface area contributed by atoms with E-state index in [1.807, 2.05) is 0 Å². The molecule has 94 valence electrons. The van der Waals surface area contributed by atoms with Gasteiger partial charge in [-0.15, -0.1) is 0 Å². The van der Waals surface area contributed by atoms with Crippen LogP contribution in [0.25, 0.3) is 0 Å². The molecule has 3 heteroatoms. The fourth-order valence-electron chi connectivity index (χ4n) is 2.54. The van der Waals surface area contributed by atoms with Crippen molar-refractivity contribution < 1.29 is 9.90 Å². The summed E-state index contributed by atoms with van der Waals surface area (Å²) in [6.45, 7) is 6.77. The third kappa shape index (κ3) is 3.89. The Morgan fingerprint density at radius 1 is 1.29 bits per heavy atom. The fourth-order valence-corrected chi connectivity index (χ4v) is 2.54. The first-order valence-corrected chi connectivity index (χ1v) is 6.20. The molecule has 1 aliphatic rings. The minimum absolute atomic E-state index is 0.107. The number of carbonyl (C=O) groups is 1. The lowest BCUT2D eigenvalue weighted by Gasteiger charge is -2.36. The summed E-state index contributed by atoms with van der Waals surface area (Å²) in [6, 6.07) is 1.75. The molecule has 1 rings (SSSR count). The second-order valence-corrected chi connectivity index (χ2v) is 5.98. The van der Waals surface area contributed by atoms with Gasteiger partial charge in [0.15, 0.2) is 0 Å². The van der Waals surface area contributed by atoms with E-state index >= 15 is 0 Å². The maximum atomic E-state index is 10.7. The molecule has 1 aliphatic carbocycles. The van der Waals surface area contributed by atoms with Crippen molar-refractivity contribution in [2.24, 2.45) is 17.3 Å². The number of carboxylic acids is 1. The molecule has 0 aromatic heterocycles. The van der Waals surface area contributed by atoms with Crippen molar-refractivity contribution in [3.8, 4) is 6.07 Å². The number of nitrogens with zero attached hydrogens (tertiary/aromatic N) is 1. The molecular formula is C14H21NO2. The predicted molar refractivity (Wildman–Crippen MR) is 66.2 cm³/mol. The van der Waals surface area contributed by atoms with Gasteiger partial charge in [0.25, 0.3) is 0 Å². The Labute approximate surface area is 103 Å². The monoisotopic (exact) mass is 235 g/mol. The van der Waals surface area contributed by atoms with Crippen molar-refractivity contribution in [1.29, 1.82) is 5.26 Å². The van der Waals surface area contributed by atoms with Crippen LogP contribution in [0.5, 0.6) is 0 Å². The van der Waals surface area contributed by atoms with Crippen molar-refractivity contribution in [3.05, 3.63) is 11.6 Å². The van der Waals surface area contributed by atoms with E-state index < -0.39 is 5.97 Å². The SMILES string of the molecule is CC(C)(C)C1CCC(/C=C(/C#N)C(=O)O)CC1. The molecule has 0 radical (unpaired) electrons. The van der Waals surface area contributed by atoms with E-state index in [9.17, 15) is 4.79 Å². The molecular weight excluding hydrogens is 214 g/mol. The third-order valence-corrected chi connectivity index (χ3v) is 3.75. The fraction of sp³-hybridized carbons (Fsp3) is 0.714. The zero-order valence-corrected chi connectivity index (χ0v) is 10.9. The molecule has 1 fully saturated rings. The van der Waals surface area contributed by atoms with E-state index in [0.29, 0.717) is 11.3 Å². The third-order valence-electron chi connectivity index (χ3n) is 3.75. The van der Waals surface area contributed by atoms with Crippen LogP contribution in [-0.2, 0) is 4.79 Å². The smallest absolute Gasteiger partial charge is 0.346 e. The number of rotatable bonds is 2. The molecule has 0 aromatic carbocycles. The summed E-state index contributed by atoms with van der Waals surface area (Å²) >= 11 is 0. The molecule has 17 heavy (non-hydrogen) atoms. The molecule has 0 saturated heterocycles. The molecule has 0 aromatic rings. The van der Waals surface area contributed by atoms with E-state index in [1.165, 1.54) is 0 Å². The number of hydrogen-bond donors (Lipinski definition) is 1. The highest BCUT2D eigenvalue weighted by atomic mass is 16.4. The highest BCUT2D eigenvalue weighted by molar-refractivity contribution is 5.90. The highest BCUT2D eigenvalue weighted by Crippen LogP contribution is 2.40. The lowest BCUT2D eigenvalue weighted by atomic mass is 9.69. The van der Waals surface area contributed by atoms with Gasteiger partial charge in [0.1, 0.15) is 11.6 Å². The Bertz CT molecular complexity index is 349. The number of carboxylic acid groups (broad SMARTS) is 1. The van der Waals surface area contributed by atoms with Gasteiger partial charge in [-0.25, -0.2) is 4.79 Å². The molecule has 0 aliphatic heterocycles. The molecule has 0 bridgehead atoms. The summed E-state index contributed by atoms with van der Waals surface area (Å²) in [6.07, 6.45) is 5.90. The first kappa shape index (κ1) is 13.8. The quantitative estimate of drug-likeness (QED) is 0.589. The second kappa shape index (κ2) is 5.35. The molecule has 0 atom stereocenters. The molecule has 3 nitrogen and oxygen atoms in total. The van der Waals surface area contributed by atoms with Crippen molar-refractivity contribution in [2.45, 2.75) is 46.5 Å². The van der Waals surface area contributed by atoms with Crippen molar-refractivity contribution in [2.75, 3.05) is 0 Å². The van der Waals surface area contributed by atoms with Gasteiger partial charge in [0.2, 0.25) is 0 Å². The van der Waals surface area contributed by atoms with Gasteiger partial charge in [0.05, 0.1) is 0 Å². The van der Waals surface area contributed by atoms with Crippen LogP contribution in [-0.4, -0.2) is 11.1 Å². The van der Waals surface area contributed by atoms with Crippen LogP contribution in [0.1, 0.15) is 46.5 Å². The van der Waals surface area contributed by atoms with E-state index in [2.05, 4.69) is 20.8 Å². The van der Waals surface area contributed by atoms with Gasteiger partial charge in [-0.2, -0.15) is 5.26 Å². The average Bonchev–Trinajstić information content (AvgIpc) is 2.25. The summed E-state index contributed by atoms with van der Waals surface area (Å²) in [5.74, 6) is -0.132. The van der Waals surface area contributed by atoms with Gasteiger partial charge in [0, 0.05) is 0 Å². The van der Waals surface area contributed by atoms with Gasteiger partial charge >= 0.3 is 5.97 Å². The topological polar surface area (TPSA) is 61.1 Å². The molecule has 0 spiro atoms. The van der Waals surface area contributed by atoms with Gasteiger partial charge < -0.3 is 5.11 Å². The zero-order valence-electron chi connectivity index (χ0n) is 10.9. The van der Waals surface area contributed by atoms with Crippen LogP contribution in [0, 0.1) is 28.6 Å². The van der Waals surface area contributed by atoms with Crippen LogP contribution in [0.15, 0.2) is 11.6 Å². The highest BCUT2D eigenvalue weighted by Gasteiger charge is 2.29. The van der Waals surface area contributed by atoms with Crippen molar-refractivity contribution >= 4 is 5.97 Å². The Kier molecular flexibility index (Phi) is 4.34. The number of nitriles is 1. The molecule has 1 saturated carbocycles. The Morgan fingerprint density at radius 2 is 1.82 bits per heavy atom. The van der Waals surface area contributed by atoms with Crippen LogP contribution >= 0.6 is 0 Å². The first-order valence-electron chi connectivity index (χ1n) is 6.20. The second-order valence-electron chi connectivity index (χ2n) is 5.98. The van der Waals surface area contributed by atoms with Crippen LogP contribution in [0.2, 0.25) is 0 Å². The van der Waals surface area contributed by atoms with E-state index in [0.717, 1.165) is 25.7 Å². The Balaban J connectivity index is 2.59. The molecule has 0 amide bonds. The number of allylic oxidation sites excluding steroid dienone is 1. The lowest BCUT2D eigenvalue weighted by molar-refractivity contribution is -0.132. The number of aliphatic carboxylic acids is 1. The maximum absolute atomic E-state index is 10.7. The normalized spacial score (nSPS) is 26.4. The van der Waals surface area contributed by atoms with E-state index in [-0.39, 0.29) is 11.5 Å². The van der Waals surface area contributed by atoms with Crippen LogP contribution in [0.4, 0.5) is 0 Å². The summed E-state index contributed by atoms with van der Waals surface area (Å²) in [4.78, 5) is 10.7.